The van der Waals surface area contributed by atoms with Crippen molar-refractivity contribution < 1.29 is 23.8 Å². The lowest BCUT2D eigenvalue weighted by Crippen LogP contribution is -2.43. The summed E-state index contributed by atoms with van der Waals surface area (Å²) in [5, 5.41) is 8.96. The van der Waals surface area contributed by atoms with E-state index in [-0.39, 0.29) is 17.9 Å². The van der Waals surface area contributed by atoms with Gasteiger partial charge in [-0.05, 0) is 30.3 Å². The van der Waals surface area contributed by atoms with Crippen molar-refractivity contribution in [3.8, 4) is 23.3 Å². The van der Waals surface area contributed by atoms with E-state index < -0.39 is 11.8 Å². The molecule has 0 aliphatic rings. The summed E-state index contributed by atoms with van der Waals surface area (Å²) >= 11 is 0. The molecular formula is C18H17N3O5. The van der Waals surface area contributed by atoms with Crippen molar-refractivity contribution in [3.05, 3.63) is 53.6 Å². The van der Waals surface area contributed by atoms with E-state index in [1.165, 1.54) is 26.4 Å². The largest absolute Gasteiger partial charge is 0.493 e. The highest BCUT2D eigenvalue weighted by Crippen LogP contribution is 2.27. The summed E-state index contributed by atoms with van der Waals surface area (Å²) in [4.78, 5) is 23.9. The topological polar surface area (TPSA) is 110 Å². The van der Waals surface area contributed by atoms with E-state index in [0.717, 1.165) is 0 Å². The van der Waals surface area contributed by atoms with Crippen molar-refractivity contribution in [2.45, 2.75) is 0 Å². The minimum Gasteiger partial charge on any atom is -0.493 e. The first kappa shape index (κ1) is 18.6. The lowest BCUT2D eigenvalue weighted by Gasteiger charge is -2.11. The molecule has 0 spiro atoms. The second-order valence-corrected chi connectivity index (χ2v) is 4.97. The van der Waals surface area contributed by atoms with Crippen LogP contribution in [0.25, 0.3) is 0 Å². The van der Waals surface area contributed by atoms with Crippen LogP contribution in [-0.2, 0) is 4.79 Å². The molecule has 2 aromatic rings. The molecule has 0 atom stereocenters. The molecule has 0 saturated heterocycles. The summed E-state index contributed by atoms with van der Waals surface area (Å²) < 4.78 is 15.5. The Balaban J connectivity index is 1.89. The summed E-state index contributed by atoms with van der Waals surface area (Å²) in [6, 6.07) is 13.1. The molecular weight excluding hydrogens is 338 g/mol. The summed E-state index contributed by atoms with van der Waals surface area (Å²) in [6.07, 6.45) is 0. The molecule has 8 heteroatoms. The molecule has 0 aliphatic heterocycles. The van der Waals surface area contributed by atoms with Crippen molar-refractivity contribution >= 4 is 11.8 Å². The van der Waals surface area contributed by atoms with E-state index >= 15 is 0 Å². The number of methoxy groups -OCH3 is 2. The Bertz CT molecular complexity index is 845. The second kappa shape index (κ2) is 8.94. The van der Waals surface area contributed by atoms with Crippen LogP contribution < -0.4 is 25.1 Å². The van der Waals surface area contributed by atoms with Crippen LogP contribution in [0.1, 0.15) is 15.9 Å². The number of carbonyl (C=O) groups is 2. The van der Waals surface area contributed by atoms with Gasteiger partial charge in [-0.1, -0.05) is 12.1 Å². The number of hydrazine groups is 1. The molecule has 0 fully saturated rings. The van der Waals surface area contributed by atoms with E-state index in [1.54, 1.807) is 30.3 Å². The second-order valence-electron chi connectivity index (χ2n) is 4.97. The molecule has 2 amide bonds. The number of amides is 2. The molecule has 2 N–H and O–H groups in total. The molecule has 0 unspecified atom stereocenters. The zero-order chi connectivity index (χ0) is 18.9. The molecule has 0 aromatic heterocycles. The van der Waals surface area contributed by atoms with Gasteiger partial charge >= 0.3 is 0 Å². The van der Waals surface area contributed by atoms with Crippen molar-refractivity contribution in [1.82, 2.24) is 10.9 Å². The van der Waals surface area contributed by atoms with Crippen LogP contribution in [-0.4, -0.2) is 32.6 Å². The van der Waals surface area contributed by atoms with Gasteiger partial charge in [0, 0.05) is 5.56 Å². The smallest absolute Gasteiger partial charge is 0.276 e. The minimum absolute atomic E-state index is 0.277. The lowest BCUT2D eigenvalue weighted by molar-refractivity contribution is -0.123. The Hall–Kier alpha value is -3.73. The maximum atomic E-state index is 12.1. The molecule has 0 heterocycles. The van der Waals surface area contributed by atoms with E-state index in [1.807, 2.05) is 6.07 Å². The van der Waals surface area contributed by atoms with Crippen LogP contribution in [0.15, 0.2) is 42.5 Å². The van der Waals surface area contributed by atoms with E-state index in [9.17, 15) is 9.59 Å². The number of benzene rings is 2. The van der Waals surface area contributed by atoms with Crippen LogP contribution in [0.5, 0.6) is 17.2 Å². The van der Waals surface area contributed by atoms with Gasteiger partial charge in [0.05, 0.1) is 19.8 Å². The maximum Gasteiger partial charge on any atom is 0.276 e. The van der Waals surface area contributed by atoms with Gasteiger partial charge in [-0.15, -0.1) is 0 Å². The Morgan fingerprint density at radius 2 is 1.73 bits per heavy atom. The van der Waals surface area contributed by atoms with Crippen molar-refractivity contribution in [2.24, 2.45) is 0 Å². The molecule has 2 rings (SSSR count). The Kier molecular flexibility index (Phi) is 6.40. The number of rotatable bonds is 6. The molecule has 0 bridgehead atoms. The van der Waals surface area contributed by atoms with Crippen LogP contribution >= 0.6 is 0 Å². The first-order valence-corrected chi connectivity index (χ1v) is 7.52. The zero-order valence-corrected chi connectivity index (χ0v) is 14.2. The molecule has 2 aromatic carbocycles. The quantitative estimate of drug-likeness (QED) is 0.758. The Morgan fingerprint density at radius 1 is 1.00 bits per heavy atom. The number of carbonyl (C=O) groups excluding carboxylic acids is 2. The van der Waals surface area contributed by atoms with Gasteiger partial charge in [-0.2, -0.15) is 5.26 Å². The molecule has 134 valence electrons. The predicted octanol–water partition coefficient (Wildman–Crippen LogP) is 1.42. The molecule has 0 radical (unpaired) electrons. The van der Waals surface area contributed by atoms with E-state index in [0.29, 0.717) is 17.1 Å². The van der Waals surface area contributed by atoms with Gasteiger partial charge < -0.3 is 14.2 Å². The van der Waals surface area contributed by atoms with Gasteiger partial charge in [-0.25, -0.2) is 0 Å². The average molecular weight is 355 g/mol. The molecule has 0 aliphatic carbocycles. The average Bonchev–Trinajstić information content (AvgIpc) is 2.69. The Labute approximate surface area is 150 Å². The van der Waals surface area contributed by atoms with Gasteiger partial charge in [0.2, 0.25) is 0 Å². The molecule has 26 heavy (non-hydrogen) atoms. The molecule has 0 saturated carbocycles. The number of para-hydroxylation sites is 1. The van der Waals surface area contributed by atoms with E-state index in [4.69, 9.17) is 19.5 Å². The highest BCUT2D eigenvalue weighted by Gasteiger charge is 2.12. The third-order valence-electron chi connectivity index (χ3n) is 3.33. The van der Waals surface area contributed by atoms with Crippen LogP contribution in [0.3, 0.4) is 0 Å². The first-order valence-electron chi connectivity index (χ1n) is 7.52. The zero-order valence-electron chi connectivity index (χ0n) is 14.2. The standard InChI is InChI=1S/C18H17N3O5/c1-24-15-8-7-12(9-16(15)25-2)18(23)21-20-17(22)11-26-14-6-4-3-5-13(14)10-19/h3-9H,11H2,1-2H3,(H,20,22)(H,21,23). The SMILES string of the molecule is COc1ccc(C(=O)NNC(=O)COc2ccccc2C#N)cc1OC. The number of nitrogens with one attached hydrogen (secondary N) is 2. The lowest BCUT2D eigenvalue weighted by atomic mass is 10.2. The summed E-state index contributed by atoms with van der Waals surface area (Å²) in [5.74, 6) is 0.0558. The number of nitriles is 1. The third kappa shape index (κ3) is 4.64. The van der Waals surface area contributed by atoms with Crippen molar-refractivity contribution in [3.63, 3.8) is 0 Å². The summed E-state index contributed by atoms with van der Waals surface area (Å²) in [7, 11) is 2.94. The highest BCUT2D eigenvalue weighted by molar-refractivity contribution is 5.96. The van der Waals surface area contributed by atoms with Crippen LogP contribution in [0.2, 0.25) is 0 Å². The summed E-state index contributed by atoms with van der Waals surface area (Å²) in [5.41, 5.74) is 5.10. The first-order chi connectivity index (χ1) is 12.6. The number of hydrogen-bond acceptors (Lipinski definition) is 6. The van der Waals surface area contributed by atoms with E-state index in [2.05, 4.69) is 10.9 Å². The van der Waals surface area contributed by atoms with Crippen molar-refractivity contribution in [2.75, 3.05) is 20.8 Å². The summed E-state index contributed by atoms with van der Waals surface area (Å²) in [6.45, 7) is -0.356. The van der Waals surface area contributed by atoms with Gasteiger partial charge in [-0.3, -0.25) is 20.4 Å². The fourth-order valence-electron chi connectivity index (χ4n) is 2.04. The monoisotopic (exact) mass is 355 g/mol. The van der Waals surface area contributed by atoms with Gasteiger partial charge in [0.1, 0.15) is 11.8 Å². The highest BCUT2D eigenvalue weighted by atomic mass is 16.5. The maximum absolute atomic E-state index is 12.1. The third-order valence-corrected chi connectivity index (χ3v) is 3.33. The number of ether oxygens (including phenoxy) is 3. The predicted molar refractivity (Wildman–Crippen MR) is 91.8 cm³/mol. The molecule has 8 nitrogen and oxygen atoms in total. The number of hydrogen-bond donors (Lipinski definition) is 2. The van der Waals surface area contributed by atoms with Crippen LogP contribution in [0, 0.1) is 11.3 Å². The number of nitrogens with zero attached hydrogens (tertiary/aromatic N) is 1. The van der Waals surface area contributed by atoms with Gasteiger partial charge in [0.15, 0.2) is 18.1 Å². The Morgan fingerprint density at radius 3 is 2.42 bits per heavy atom. The van der Waals surface area contributed by atoms with Gasteiger partial charge in [0.25, 0.3) is 11.8 Å². The van der Waals surface area contributed by atoms with Crippen molar-refractivity contribution in [1.29, 1.82) is 5.26 Å². The fourth-order valence-corrected chi connectivity index (χ4v) is 2.04. The minimum atomic E-state index is -0.577. The van der Waals surface area contributed by atoms with Crippen LogP contribution in [0.4, 0.5) is 0 Å². The fraction of sp³-hybridized carbons (Fsp3) is 0.167. The normalized spacial score (nSPS) is 9.58.